The highest BCUT2D eigenvalue weighted by Crippen LogP contribution is 2.27. The number of benzene rings is 1. The number of pyridine rings is 1. The van der Waals surface area contributed by atoms with E-state index >= 15 is 0 Å². The molecule has 1 aliphatic heterocycles. The van der Waals surface area contributed by atoms with Crippen molar-refractivity contribution in [2.75, 3.05) is 25.5 Å². The zero-order chi connectivity index (χ0) is 18.7. The quantitative estimate of drug-likeness (QED) is 0.741. The molecule has 0 atom stereocenters. The molecule has 2 aromatic rings. The predicted molar refractivity (Wildman–Crippen MR) is 109 cm³/mol. The number of nitrogens with zero attached hydrogens (tertiary/aromatic N) is 2. The summed E-state index contributed by atoms with van der Waals surface area (Å²) in [5, 5.41) is 2.49. The van der Waals surface area contributed by atoms with Crippen molar-refractivity contribution in [2.45, 2.75) is 18.9 Å². The highest BCUT2D eigenvalue weighted by atomic mass is 35.5. The summed E-state index contributed by atoms with van der Waals surface area (Å²) in [5.74, 6) is -0.433. The van der Waals surface area contributed by atoms with Crippen molar-refractivity contribution in [2.24, 2.45) is 0 Å². The van der Waals surface area contributed by atoms with E-state index in [9.17, 15) is 9.18 Å². The van der Waals surface area contributed by atoms with E-state index < -0.39 is 11.7 Å². The van der Waals surface area contributed by atoms with Gasteiger partial charge in [0.15, 0.2) is 0 Å². The molecular formula is C18H21Cl3FN3O2+2. The van der Waals surface area contributed by atoms with Crippen LogP contribution in [0.5, 0.6) is 5.88 Å². The van der Waals surface area contributed by atoms with Gasteiger partial charge in [0.1, 0.15) is 17.7 Å². The van der Waals surface area contributed by atoms with Crippen molar-refractivity contribution in [3.63, 3.8) is 0 Å². The van der Waals surface area contributed by atoms with Crippen LogP contribution in [0.4, 0.5) is 10.2 Å². The van der Waals surface area contributed by atoms with Gasteiger partial charge in [0.25, 0.3) is 5.91 Å². The lowest BCUT2D eigenvalue weighted by Crippen LogP contribution is -2.35. The van der Waals surface area contributed by atoms with Crippen molar-refractivity contribution in [3.05, 3.63) is 51.8 Å². The van der Waals surface area contributed by atoms with Gasteiger partial charge in [-0.3, -0.25) is 4.79 Å². The zero-order valence-electron chi connectivity index (χ0n) is 16.5. The Morgan fingerprint density at radius 1 is 1.30 bits per heavy atom. The third-order valence-corrected chi connectivity index (χ3v) is 4.75. The summed E-state index contributed by atoms with van der Waals surface area (Å²) in [6.07, 6.45) is 1.95. The molecule has 9 heteroatoms. The monoisotopic (exact) mass is 435 g/mol. The Labute approximate surface area is 176 Å². The van der Waals surface area contributed by atoms with Crippen LogP contribution < -0.4 is 10.1 Å². The van der Waals surface area contributed by atoms with Crippen molar-refractivity contribution in [3.8, 4) is 5.88 Å². The molecular weight excluding hydrogens is 416 g/mol. The molecule has 0 radical (unpaired) electrons. The number of hydrogen-bond donors (Lipinski definition) is 1. The molecule has 27 heavy (non-hydrogen) atoms. The van der Waals surface area contributed by atoms with E-state index in [2.05, 4.69) is 22.2 Å². The number of anilines is 1. The van der Waals surface area contributed by atoms with Gasteiger partial charge in [0.05, 0.1) is 15.6 Å². The number of nitrogens with one attached hydrogen (secondary N) is 1. The fraction of sp³-hybridized carbons (Fsp3) is 0.333. The van der Waals surface area contributed by atoms with Crippen LogP contribution in [0.1, 0.15) is 26.1 Å². The fourth-order valence-corrected chi connectivity index (χ4v) is 3.39. The molecule has 1 N–H and O–H groups in total. The highest BCUT2D eigenvalue weighted by Gasteiger charge is 2.20. The molecule has 1 fully saturated rings. The first kappa shape index (κ1) is 21.7. The van der Waals surface area contributed by atoms with E-state index in [4.69, 9.17) is 27.9 Å². The Balaban J connectivity index is 0.00000261. The summed E-state index contributed by atoms with van der Waals surface area (Å²) in [6.45, 7) is 1.95. The van der Waals surface area contributed by atoms with Crippen LogP contribution in [-0.2, 0) is 0 Å². The molecule has 1 aliphatic rings. The molecule has 1 amide bonds. The average Bonchev–Trinajstić information content (AvgIpc) is 2.56. The molecule has 3 rings (SSSR count). The zero-order valence-corrected chi connectivity index (χ0v) is 16.9. The lowest BCUT2D eigenvalue weighted by atomic mass is 10.1. The third kappa shape index (κ3) is 5.69. The van der Waals surface area contributed by atoms with Gasteiger partial charge in [-0.15, -0.1) is 12.4 Å². The van der Waals surface area contributed by atoms with Crippen LogP contribution in [0.3, 0.4) is 0 Å². The molecule has 0 aliphatic carbocycles. The molecule has 0 saturated carbocycles. The topological polar surface area (TPSA) is 54.5 Å². The van der Waals surface area contributed by atoms with Gasteiger partial charge in [-0.1, -0.05) is 29.3 Å². The maximum Gasteiger partial charge on any atom is 1.00 e. The Hall–Kier alpha value is -1.60. The summed E-state index contributed by atoms with van der Waals surface area (Å²) in [6, 6.07) is 7.18. The van der Waals surface area contributed by atoms with Crippen LogP contribution in [0, 0.1) is 5.82 Å². The molecule has 146 valence electrons. The molecule has 1 aromatic carbocycles. The summed E-state index contributed by atoms with van der Waals surface area (Å²) in [5.41, 5.74) is -0.00169. The van der Waals surface area contributed by atoms with Gasteiger partial charge >= 0.3 is 2.85 Å². The Kier molecular flexibility index (Phi) is 7.68. The second-order valence-corrected chi connectivity index (χ2v) is 6.99. The summed E-state index contributed by atoms with van der Waals surface area (Å²) >= 11 is 11.9. The van der Waals surface area contributed by atoms with Gasteiger partial charge < -0.3 is 15.0 Å². The number of carbonyl (C=O) groups is 1. The van der Waals surface area contributed by atoms with Gasteiger partial charge in [-0.25, -0.2) is 4.39 Å². The van der Waals surface area contributed by atoms with Gasteiger partial charge in [0.2, 0.25) is 5.88 Å². The van der Waals surface area contributed by atoms with E-state index in [1.807, 2.05) is 0 Å². The number of rotatable bonds is 4. The minimum absolute atomic E-state index is 0. The SMILES string of the molecule is CN1CCC(Oc2cccc(NC(=O)c3c(Cl)cc(F)cc3Cl)n2)CC1.Cl.[H+].[H+]. The second-order valence-electron chi connectivity index (χ2n) is 6.18. The van der Waals surface area contributed by atoms with Gasteiger partial charge in [-0.05, 0) is 38.1 Å². The van der Waals surface area contributed by atoms with Gasteiger partial charge in [-0.2, -0.15) is 4.98 Å². The number of hydrogen-bond acceptors (Lipinski definition) is 4. The van der Waals surface area contributed by atoms with E-state index in [0.29, 0.717) is 11.7 Å². The summed E-state index contributed by atoms with van der Waals surface area (Å²) < 4.78 is 19.2. The first-order chi connectivity index (χ1) is 12.4. The second kappa shape index (κ2) is 9.55. The largest absolute Gasteiger partial charge is 1.00 e. The van der Waals surface area contributed by atoms with Crippen LogP contribution >= 0.6 is 35.6 Å². The number of aromatic nitrogens is 1. The van der Waals surface area contributed by atoms with Crippen molar-refractivity contribution < 1.29 is 16.8 Å². The molecule has 1 aromatic heterocycles. The minimum Gasteiger partial charge on any atom is -0.474 e. The predicted octanol–water partition coefficient (Wildman–Crippen LogP) is 4.90. The Morgan fingerprint density at radius 3 is 2.56 bits per heavy atom. The van der Waals surface area contributed by atoms with Gasteiger partial charge in [0, 0.05) is 19.2 Å². The molecule has 5 nitrogen and oxygen atoms in total. The fourth-order valence-electron chi connectivity index (χ4n) is 2.76. The first-order valence-electron chi connectivity index (χ1n) is 8.20. The van der Waals surface area contributed by atoms with E-state index in [-0.39, 0.29) is 37.0 Å². The van der Waals surface area contributed by atoms with E-state index in [0.717, 1.165) is 38.1 Å². The molecule has 0 bridgehead atoms. The summed E-state index contributed by atoms with van der Waals surface area (Å²) in [4.78, 5) is 19.0. The molecule has 0 spiro atoms. The number of amides is 1. The Morgan fingerprint density at radius 2 is 1.93 bits per heavy atom. The maximum atomic E-state index is 13.3. The molecule has 2 heterocycles. The standard InChI is InChI=1S/C18H18Cl2FN3O2.ClH/c1-24-7-5-12(6-8-24)26-16-4-2-3-15(22-16)23-18(25)17-13(19)9-11(21)10-14(17)20;/h2-4,9-10,12H,5-8H2,1H3,(H,22,23,25);1H/p+2. The number of carbonyl (C=O) groups excluding carboxylic acids is 1. The third-order valence-electron chi connectivity index (χ3n) is 4.15. The average molecular weight is 437 g/mol. The molecule has 0 unspecified atom stereocenters. The normalized spacial score (nSPS) is 15.1. The smallest absolute Gasteiger partial charge is 0.474 e. The van der Waals surface area contributed by atoms with E-state index in [1.165, 1.54) is 0 Å². The lowest BCUT2D eigenvalue weighted by Gasteiger charge is -2.28. The lowest BCUT2D eigenvalue weighted by molar-refractivity contribution is 0.102. The van der Waals surface area contributed by atoms with Crippen molar-refractivity contribution in [1.82, 2.24) is 9.88 Å². The number of ether oxygens (including phenoxy) is 1. The highest BCUT2D eigenvalue weighted by molar-refractivity contribution is 6.40. The Bertz CT molecular complexity index is 802. The number of piperidine rings is 1. The first-order valence-corrected chi connectivity index (χ1v) is 8.96. The molecule has 1 saturated heterocycles. The summed E-state index contributed by atoms with van der Waals surface area (Å²) in [7, 11) is 2.08. The van der Waals surface area contributed by atoms with Crippen LogP contribution in [-0.4, -0.2) is 42.0 Å². The van der Waals surface area contributed by atoms with Crippen LogP contribution in [0.25, 0.3) is 0 Å². The van der Waals surface area contributed by atoms with Crippen LogP contribution in [0.15, 0.2) is 30.3 Å². The number of likely N-dealkylation sites (tertiary alicyclic amines) is 1. The van der Waals surface area contributed by atoms with Crippen molar-refractivity contribution in [1.29, 1.82) is 0 Å². The maximum absolute atomic E-state index is 13.3. The number of halogens is 4. The van der Waals surface area contributed by atoms with Crippen molar-refractivity contribution >= 4 is 47.3 Å². The van der Waals surface area contributed by atoms with Crippen LogP contribution in [0.2, 0.25) is 10.0 Å². The minimum atomic E-state index is -0.608. The van der Waals surface area contributed by atoms with E-state index in [1.54, 1.807) is 18.2 Å².